The van der Waals surface area contributed by atoms with Gasteiger partial charge >= 0.3 is 11.9 Å². The molecule has 0 aliphatic carbocycles. The third-order valence-corrected chi connectivity index (χ3v) is 10.3. The molecule has 0 saturated carbocycles. The van der Waals surface area contributed by atoms with Crippen molar-refractivity contribution in [2.45, 2.75) is 225 Å². The van der Waals surface area contributed by atoms with Crippen molar-refractivity contribution >= 4 is 17.7 Å². The van der Waals surface area contributed by atoms with Crippen LogP contribution in [0.15, 0.2) is 61.3 Å². The second kappa shape index (κ2) is 46.0. The van der Waals surface area contributed by atoms with Crippen LogP contribution in [0.25, 0.3) is 0 Å². The molecule has 0 fully saturated rings. The van der Waals surface area contributed by atoms with Gasteiger partial charge in [0.1, 0.15) is 6.61 Å². The minimum Gasteiger partial charge on any atom is -0.462 e. The molecule has 0 unspecified atom stereocenters. The van der Waals surface area contributed by atoms with Gasteiger partial charge in [0.15, 0.2) is 11.9 Å². The summed E-state index contributed by atoms with van der Waals surface area (Å²) in [6, 6.07) is 0. The normalized spacial score (nSPS) is 12.4. The molecule has 6 nitrogen and oxygen atoms in total. The van der Waals surface area contributed by atoms with E-state index in [2.05, 4.69) is 20.4 Å². The van der Waals surface area contributed by atoms with E-state index in [-0.39, 0.29) is 30.9 Å². The van der Waals surface area contributed by atoms with Crippen LogP contribution in [0.3, 0.4) is 0 Å². The molecule has 0 rings (SSSR count). The van der Waals surface area contributed by atoms with E-state index in [0.717, 1.165) is 77.0 Å². The Bertz CT molecular complexity index is 1040. The Balaban J connectivity index is 4.29. The van der Waals surface area contributed by atoms with Gasteiger partial charge in [0.25, 0.3) is 0 Å². The third-order valence-electron chi connectivity index (χ3n) is 10.3. The smallest absolute Gasteiger partial charge is 0.306 e. The van der Waals surface area contributed by atoms with Gasteiger partial charge in [0.2, 0.25) is 0 Å². The summed E-state index contributed by atoms with van der Waals surface area (Å²) in [5.74, 6) is -0.271. The molecule has 0 saturated heterocycles. The van der Waals surface area contributed by atoms with Crippen molar-refractivity contribution in [1.82, 2.24) is 0 Å². The second-order valence-electron chi connectivity index (χ2n) is 15.9. The number of rotatable bonds is 44. The molecule has 0 heterocycles. The summed E-state index contributed by atoms with van der Waals surface area (Å²) in [6.07, 6.45) is 52.0. The molecule has 0 aliphatic rings. The van der Waals surface area contributed by atoms with Crippen molar-refractivity contribution in [2.75, 3.05) is 19.8 Å². The maximum absolute atomic E-state index is 12.7. The van der Waals surface area contributed by atoms with Gasteiger partial charge in [-0.05, 0) is 31.8 Å². The molecule has 0 amide bonds. The first kappa shape index (κ1) is 54.3. The Morgan fingerprint density at radius 1 is 0.439 bits per heavy atom. The van der Waals surface area contributed by atoms with E-state index in [1.807, 2.05) is 36.5 Å². The Kier molecular flexibility index (Phi) is 43.8. The summed E-state index contributed by atoms with van der Waals surface area (Å²) in [6.45, 7) is 9.04. The summed E-state index contributed by atoms with van der Waals surface area (Å²) >= 11 is 0. The zero-order valence-corrected chi connectivity index (χ0v) is 37.2. The molecule has 0 aromatic rings. The molecule has 0 radical (unpaired) electrons. The molecule has 0 spiro atoms. The Morgan fingerprint density at radius 3 is 1.30 bits per heavy atom. The van der Waals surface area contributed by atoms with E-state index in [9.17, 15) is 14.4 Å². The van der Waals surface area contributed by atoms with Gasteiger partial charge in [0, 0.05) is 25.9 Å². The van der Waals surface area contributed by atoms with E-state index in [4.69, 9.17) is 14.2 Å². The lowest BCUT2D eigenvalue weighted by molar-refractivity contribution is -0.163. The van der Waals surface area contributed by atoms with Crippen LogP contribution < -0.4 is 0 Å². The SMILES string of the molecule is C=C/C=C/C=C/C=C/C=C/C(=O)CCCCCCCCCOC[C@@H](COC(=O)CCCCCCCCCCCCC)OC(=O)CCCCCCCCCCCCC. The first-order valence-electron chi connectivity index (χ1n) is 23.8. The highest BCUT2D eigenvalue weighted by molar-refractivity contribution is 5.89. The summed E-state index contributed by atoms with van der Waals surface area (Å²) in [5, 5.41) is 0. The van der Waals surface area contributed by atoms with Crippen molar-refractivity contribution in [3.05, 3.63) is 61.3 Å². The number of unbranched alkanes of at least 4 members (excludes halogenated alkanes) is 26. The standard InChI is InChI=1S/C51H88O6/c1-4-7-10-13-16-19-21-23-28-33-38-43-50(53)56-47-49(57-51(54)44-39-34-29-24-22-20-17-14-11-8-5-2)46-55-45-40-35-30-25-27-32-37-42-48(52)41-36-31-26-18-15-12-9-6-3/h6,9,12,15,18,26,31,36,41,49H,3-5,7-8,10-11,13-14,16-17,19-25,27-30,32-35,37-40,42-47H2,1-2H3/b12-9+,18-15+,31-26+,41-36+/t49-/m0/s1. The van der Waals surface area contributed by atoms with E-state index in [1.54, 1.807) is 18.2 Å². The van der Waals surface area contributed by atoms with E-state index in [1.165, 1.54) is 109 Å². The van der Waals surface area contributed by atoms with Gasteiger partial charge in [-0.15, -0.1) is 0 Å². The molecule has 0 N–H and O–H groups in total. The molecule has 6 heteroatoms. The fraction of sp³-hybridized carbons (Fsp3) is 0.745. The van der Waals surface area contributed by atoms with Crippen molar-refractivity contribution in [2.24, 2.45) is 0 Å². The number of hydrogen-bond donors (Lipinski definition) is 0. The Morgan fingerprint density at radius 2 is 0.825 bits per heavy atom. The van der Waals surface area contributed by atoms with E-state index >= 15 is 0 Å². The highest BCUT2D eigenvalue weighted by atomic mass is 16.6. The minimum absolute atomic E-state index is 0.0570. The van der Waals surface area contributed by atoms with E-state index in [0.29, 0.717) is 25.9 Å². The van der Waals surface area contributed by atoms with Gasteiger partial charge in [-0.3, -0.25) is 14.4 Å². The topological polar surface area (TPSA) is 78.9 Å². The average molecular weight is 797 g/mol. The second-order valence-corrected chi connectivity index (χ2v) is 15.9. The molecular weight excluding hydrogens is 709 g/mol. The molecule has 0 aromatic heterocycles. The Labute approximate surface area is 351 Å². The van der Waals surface area contributed by atoms with Crippen LogP contribution in [-0.4, -0.2) is 43.6 Å². The highest BCUT2D eigenvalue weighted by Crippen LogP contribution is 2.15. The molecule has 57 heavy (non-hydrogen) atoms. The first-order chi connectivity index (χ1) is 28.0. The number of esters is 2. The van der Waals surface area contributed by atoms with Gasteiger partial charge in [-0.2, -0.15) is 0 Å². The molecule has 1 atom stereocenters. The maximum atomic E-state index is 12.7. The predicted octanol–water partition coefficient (Wildman–Crippen LogP) is 15.0. The van der Waals surface area contributed by atoms with Crippen LogP contribution in [0.2, 0.25) is 0 Å². The molecular formula is C51H88O6. The zero-order valence-electron chi connectivity index (χ0n) is 37.2. The number of ether oxygens (including phenoxy) is 3. The van der Waals surface area contributed by atoms with Crippen molar-refractivity contribution in [1.29, 1.82) is 0 Å². The van der Waals surface area contributed by atoms with Crippen LogP contribution in [0.4, 0.5) is 0 Å². The lowest BCUT2D eigenvalue weighted by Gasteiger charge is -2.18. The molecule has 0 aliphatic heterocycles. The van der Waals surface area contributed by atoms with Gasteiger partial charge in [0.05, 0.1) is 6.61 Å². The summed E-state index contributed by atoms with van der Waals surface area (Å²) in [4.78, 5) is 37.3. The van der Waals surface area contributed by atoms with Crippen LogP contribution >= 0.6 is 0 Å². The number of ketones is 1. The minimum atomic E-state index is -0.568. The number of hydrogen-bond acceptors (Lipinski definition) is 6. The van der Waals surface area contributed by atoms with Crippen molar-refractivity contribution in [3.8, 4) is 0 Å². The highest BCUT2D eigenvalue weighted by Gasteiger charge is 2.17. The number of carbonyl (C=O) groups is 3. The number of allylic oxidation sites excluding steroid dienone is 9. The van der Waals surface area contributed by atoms with Gasteiger partial charge in [-0.1, -0.05) is 230 Å². The third kappa shape index (κ3) is 44.2. The first-order valence-corrected chi connectivity index (χ1v) is 23.8. The Hall–Kier alpha value is -2.73. The monoisotopic (exact) mass is 797 g/mol. The molecule has 0 aromatic carbocycles. The van der Waals surface area contributed by atoms with Crippen LogP contribution in [0.5, 0.6) is 0 Å². The largest absolute Gasteiger partial charge is 0.462 e. The van der Waals surface area contributed by atoms with Gasteiger partial charge < -0.3 is 14.2 Å². The lowest BCUT2D eigenvalue weighted by atomic mass is 10.1. The lowest BCUT2D eigenvalue weighted by Crippen LogP contribution is -2.30. The molecule has 0 bridgehead atoms. The van der Waals surface area contributed by atoms with Crippen molar-refractivity contribution < 1.29 is 28.6 Å². The predicted molar refractivity (Wildman–Crippen MR) is 243 cm³/mol. The quantitative estimate of drug-likeness (QED) is 0.0264. The van der Waals surface area contributed by atoms with Crippen LogP contribution in [0, 0.1) is 0 Å². The fourth-order valence-electron chi connectivity index (χ4n) is 6.73. The summed E-state index contributed by atoms with van der Waals surface area (Å²) in [5.41, 5.74) is 0. The van der Waals surface area contributed by atoms with Crippen molar-refractivity contribution in [3.63, 3.8) is 0 Å². The maximum Gasteiger partial charge on any atom is 0.306 e. The van der Waals surface area contributed by atoms with Crippen LogP contribution in [-0.2, 0) is 28.6 Å². The zero-order chi connectivity index (χ0) is 41.5. The van der Waals surface area contributed by atoms with E-state index < -0.39 is 6.10 Å². The average Bonchev–Trinajstić information content (AvgIpc) is 3.20. The number of carbonyl (C=O) groups excluding carboxylic acids is 3. The van der Waals surface area contributed by atoms with Crippen LogP contribution in [0.1, 0.15) is 219 Å². The summed E-state index contributed by atoms with van der Waals surface area (Å²) in [7, 11) is 0. The van der Waals surface area contributed by atoms with Gasteiger partial charge in [-0.25, -0.2) is 0 Å². The summed E-state index contributed by atoms with van der Waals surface area (Å²) < 4.78 is 17.3. The molecule has 328 valence electrons. The fourth-order valence-corrected chi connectivity index (χ4v) is 6.73.